The van der Waals surface area contributed by atoms with E-state index in [-0.39, 0.29) is 10.8 Å². The molecule has 0 atom stereocenters. The molecule has 2 heteroatoms. The third-order valence-corrected chi connectivity index (χ3v) is 9.16. The summed E-state index contributed by atoms with van der Waals surface area (Å²) in [5.41, 5.74) is 16.2. The summed E-state index contributed by atoms with van der Waals surface area (Å²) >= 11 is 0. The van der Waals surface area contributed by atoms with Crippen LogP contribution in [0.5, 0.6) is 0 Å². The van der Waals surface area contributed by atoms with Crippen LogP contribution >= 0.6 is 0 Å². The zero-order valence-electron chi connectivity index (χ0n) is 19.9. The van der Waals surface area contributed by atoms with Crippen LogP contribution in [0.4, 0.5) is 0 Å². The van der Waals surface area contributed by atoms with Crippen molar-refractivity contribution in [3.8, 4) is 5.69 Å². The summed E-state index contributed by atoms with van der Waals surface area (Å²) in [5.74, 6) is 0. The highest BCUT2D eigenvalue weighted by Gasteiger charge is 2.52. The third kappa shape index (κ3) is 1.77. The number of fused-ring (bicyclic) bond motifs is 4. The molecular formula is C31H26BN. The van der Waals surface area contributed by atoms with Gasteiger partial charge in [-0.05, 0) is 57.8 Å². The molecule has 33 heavy (non-hydrogen) atoms. The average molecular weight is 423 g/mol. The van der Waals surface area contributed by atoms with E-state index in [1.165, 1.54) is 60.8 Å². The molecule has 5 aromatic rings. The van der Waals surface area contributed by atoms with Crippen molar-refractivity contribution >= 4 is 44.9 Å². The van der Waals surface area contributed by atoms with Crippen LogP contribution in [0.2, 0.25) is 0 Å². The summed E-state index contributed by atoms with van der Waals surface area (Å²) in [7, 11) is 0. The van der Waals surface area contributed by atoms with E-state index >= 15 is 0 Å². The summed E-state index contributed by atoms with van der Waals surface area (Å²) in [4.78, 5) is 0. The summed E-state index contributed by atoms with van der Waals surface area (Å²) in [6.45, 7) is 12.4. The number of hydrogen-bond donors (Lipinski definition) is 0. The highest BCUT2D eigenvalue weighted by molar-refractivity contribution is 7.00. The van der Waals surface area contributed by atoms with Crippen molar-refractivity contribution in [2.24, 2.45) is 0 Å². The van der Waals surface area contributed by atoms with Gasteiger partial charge < -0.3 is 4.57 Å². The van der Waals surface area contributed by atoms with E-state index in [9.17, 15) is 0 Å². The van der Waals surface area contributed by atoms with Gasteiger partial charge in [-0.15, -0.1) is 0 Å². The van der Waals surface area contributed by atoms with Gasteiger partial charge in [0.25, 0.3) is 0 Å². The van der Waals surface area contributed by atoms with Crippen LogP contribution in [0.25, 0.3) is 27.5 Å². The summed E-state index contributed by atoms with van der Waals surface area (Å²) in [5, 5.41) is 2.75. The smallest absolute Gasteiger partial charge is 0.248 e. The fraction of sp³-hybridized carbons (Fsp3) is 0.226. The normalized spacial score (nSPS) is 17.7. The van der Waals surface area contributed by atoms with Crippen molar-refractivity contribution < 1.29 is 0 Å². The van der Waals surface area contributed by atoms with E-state index in [0.717, 1.165) is 0 Å². The predicted molar refractivity (Wildman–Crippen MR) is 141 cm³/mol. The topological polar surface area (TPSA) is 4.93 Å². The highest BCUT2D eigenvalue weighted by atomic mass is 15.0. The van der Waals surface area contributed by atoms with Crippen LogP contribution in [0.15, 0.2) is 66.7 Å². The van der Waals surface area contributed by atoms with Gasteiger partial charge in [0.05, 0.1) is 5.52 Å². The standard InChI is InChI=1S/C31H26BN/c1-17-13-16-24-28-25(17)31(4,5)21-11-8-10-20-26(21)32(28)27-22(30(20,2)3)15-14-19-18-9-6-7-12-23(18)33(24)29(19)27/h6-16H,1-5H3. The molecule has 0 N–H and O–H groups in total. The minimum absolute atomic E-state index is 0.0262. The highest BCUT2D eigenvalue weighted by Crippen LogP contribution is 2.46. The van der Waals surface area contributed by atoms with Gasteiger partial charge in [0, 0.05) is 32.8 Å². The molecule has 0 saturated carbocycles. The lowest BCUT2D eigenvalue weighted by molar-refractivity contribution is 0.619. The Morgan fingerprint density at radius 2 is 1.36 bits per heavy atom. The molecule has 0 fully saturated rings. The third-order valence-electron chi connectivity index (χ3n) is 9.16. The number of rotatable bonds is 0. The Labute approximate surface area is 195 Å². The Bertz CT molecular complexity index is 1730. The van der Waals surface area contributed by atoms with Gasteiger partial charge in [-0.3, -0.25) is 0 Å². The first kappa shape index (κ1) is 18.2. The molecule has 0 spiro atoms. The Morgan fingerprint density at radius 3 is 2.18 bits per heavy atom. The average Bonchev–Trinajstić information content (AvgIpc) is 3.13. The Kier molecular flexibility index (Phi) is 2.91. The Hall–Kier alpha value is -3.26. The molecule has 0 unspecified atom stereocenters. The molecule has 4 aromatic carbocycles. The Morgan fingerprint density at radius 1 is 0.636 bits per heavy atom. The number of para-hydroxylation sites is 1. The molecule has 1 nitrogen and oxygen atoms in total. The van der Waals surface area contributed by atoms with Crippen LogP contribution in [0.3, 0.4) is 0 Å². The van der Waals surface area contributed by atoms with Gasteiger partial charge in [-0.2, -0.15) is 0 Å². The fourth-order valence-corrected chi connectivity index (χ4v) is 7.88. The van der Waals surface area contributed by atoms with Crippen LogP contribution in [0, 0.1) is 6.92 Å². The number of benzene rings is 4. The van der Waals surface area contributed by atoms with Gasteiger partial charge in [-0.1, -0.05) is 87.8 Å². The Balaban J connectivity index is 1.73. The molecule has 0 saturated heterocycles. The summed E-state index contributed by atoms with van der Waals surface area (Å²) in [6, 6.07) is 25.6. The van der Waals surface area contributed by atoms with Crippen LogP contribution in [-0.4, -0.2) is 11.3 Å². The maximum Gasteiger partial charge on any atom is 0.248 e. The maximum atomic E-state index is 2.59. The van der Waals surface area contributed by atoms with Crippen molar-refractivity contribution in [2.45, 2.75) is 45.4 Å². The zero-order chi connectivity index (χ0) is 22.4. The van der Waals surface area contributed by atoms with Crippen molar-refractivity contribution in [1.82, 2.24) is 4.57 Å². The minimum Gasteiger partial charge on any atom is -0.310 e. The number of nitrogens with zero attached hydrogens (tertiary/aromatic N) is 1. The second-order valence-corrected chi connectivity index (χ2v) is 11.4. The van der Waals surface area contributed by atoms with E-state index in [2.05, 4.69) is 106 Å². The fourth-order valence-electron chi connectivity index (χ4n) is 7.88. The lowest BCUT2D eigenvalue weighted by Gasteiger charge is -2.49. The van der Waals surface area contributed by atoms with E-state index in [1.54, 1.807) is 10.9 Å². The first-order valence-corrected chi connectivity index (χ1v) is 12.2. The number of aromatic nitrogens is 1. The molecule has 0 radical (unpaired) electrons. The van der Waals surface area contributed by atoms with Crippen LogP contribution in [-0.2, 0) is 10.8 Å². The van der Waals surface area contributed by atoms with Gasteiger partial charge in [0.15, 0.2) is 0 Å². The van der Waals surface area contributed by atoms with Gasteiger partial charge in [0.1, 0.15) is 0 Å². The molecule has 158 valence electrons. The van der Waals surface area contributed by atoms with Crippen molar-refractivity contribution in [3.63, 3.8) is 0 Å². The molecule has 4 heterocycles. The molecule has 0 amide bonds. The molecule has 0 bridgehead atoms. The number of hydrogen-bond acceptors (Lipinski definition) is 0. The van der Waals surface area contributed by atoms with Crippen molar-refractivity contribution in [1.29, 1.82) is 0 Å². The zero-order valence-corrected chi connectivity index (χ0v) is 19.9. The molecule has 3 aliphatic rings. The maximum absolute atomic E-state index is 2.59. The first-order valence-electron chi connectivity index (χ1n) is 12.2. The van der Waals surface area contributed by atoms with E-state index in [4.69, 9.17) is 0 Å². The molecule has 8 rings (SSSR count). The van der Waals surface area contributed by atoms with Crippen LogP contribution < -0.4 is 16.4 Å². The molecule has 1 aromatic heterocycles. The summed E-state index contributed by atoms with van der Waals surface area (Å²) in [6.07, 6.45) is 0. The second kappa shape index (κ2) is 5.28. The minimum atomic E-state index is -0.0286. The van der Waals surface area contributed by atoms with Crippen LogP contribution in [0.1, 0.15) is 55.5 Å². The van der Waals surface area contributed by atoms with Crippen molar-refractivity contribution in [2.75, 3.05) is 0 Å². The van der Waals surface area contributed by atoms with Gasteiger partial charge in [0.2, 0.25) is 6.71 Å². The molecule has 3 aliphatic heterocycles. The van der Waals surface area contributed by atoms with Gasteiger partial charge >= 0.3 is 0 Å². The lowest BCUT2D eigenvalue weighted by Crippen LogP contribution is -2.68. The lowest BCUT2D eigenvalue weighted by atomic mass is 9.26. The monoisotopic (exact) mass is 423 g/mol. The van der Waals surface area contributed by atoms with E-state index < -0.39 is 0 Å². The second-order valence-electron chi connectivity index (χ2n) is 11.4. The quantitative estimate of drug-likeness (QED) is 0.296. The predicted octanol–water partition coefficient (Wildman–Crippen LogP) is 5.20. The SMILES string of the molecule is Cc1ccc2c3c1C(C)(C)c1cccc4c1B3c1c(ccc3c5ccccc5n-2c13)C4(C)C. The molecule has 0 aliphatic carbocycles. The summed E-state index contributed by atoms with van der Waals surface area (Å²) < 4.78 is 2.59. The van der Waals surface area contributed by atoms with Crippen molar-refractivity contribution in [3.05, 3.63) is 94.5 Å². The largest absolute Gasteiger partial charge is 0.310 e. The molecular weight excluding hydrogens is 397 g/mol. The number of aryl methyl sites for hydroxylation is 1. The first-order chi connectivity index (χ1) is 15.8. The van der Waals surface area contributed by atoms with E-state index in [0.29, 0.717) is 6.71 Å². The van der Waals surface area contributed by atoms with Gasteiger partial charge in [-0.25, -0.2) is 0 Å². The van der Waals surface area contributed by atoms with E-state index in [1.807, 2.05) is 0 Å².